The molecule has 0 amide bonds. The zero-order valence-electron chi connectivity index (χ0n) is 13.3. The lowest BCUT2D eigenvalue weighted by molar-refractivity contribution is 0.687. The highest BCUT2D eigenvalue weighted by Crippen LogP contribution is 2.25. The van der Waals surface area contributed by atoms with E-state index in [1.807, 2.05) is 24.3 Å². The van der Waals surface area contributed by atoms with Crippen LogP contribution in [0.1, 0.15) is 19.4 Å². The minimum absolute atomic E-state index is 0.566. The molecule has 0 radical (unpaired) electrons. The first-order chi connectivity index (χ1) is 10.6. The SMILES string of the molecule is Cc1cccc(-c2nc(NCC(C)C)c3ccccc3n2)c1. The van der Waals surface area contributed by atoms with Crippen molar-refractivity contribution in [2.75, 3.05) is 11.9 Å². The third-order valence-corrected chi connectivity index (χ3v) is 3.56. The second kappa shape index (κ2) is 6.14. The summed E-state index contributed by atoms with van der Waals surface area (Å²) < 4.78 is 0. The van der Waals surface area contributed by atoms with E-state index in [1.165, 1.54) is 5.56 Å². The van der Waals surface area contributed by atoms with E-state index in [0.717, 1.165) is 34.7 Å². The normalized spacial score (nSPS) is 11.1. The van der Waals surface area contributed by atoms with Crippen molar-refractivity contribution in [1.29, 1.82) is 0 Å². The molecule has 0 aliphatic heterocycles. The number of fused-ring (bicyclic) bond motifs is 1. The van der Waals surface area contributed by atoms with Crippen LogP contribution in [0.25, 0.3) is 22.3 Å². The Hall–Kier alpha value is -2.42. The van der Waals surface area contributed by atoms with E-state index < -0.39 is 0 Å². The smallest absolute Gasteiger partial charge is 0.162 e. The van der Waals surface area contributed by atoms with Crippen molar-refractivity contribution in [2.45, 2.75) is 20.8 Å². The molecule has 0 atom stereocenters. The molecule has 0 spiro atoms. The molecule has 0 bridgehead atoms. The Bertz CT molecular complexity index is 794. The first-order valence-electron chi connectivity index (χ1n) is 7.71. The fourth-order valence-electron chi connectivity index (χ4n) is 2.43. The van der Waals surface area contributed by atoms with Gasteiger partial charge in [0.25, 0.3) is 0 Å². The minimum Gasteiger partial charge on any atom is -0.369 e. The zero-order chi connectivity index (χ0) is 15.5. The molecule has 3 aromatic rings. The number of nitrogens with one attached hydrogen (secondary N) is 1. The molecular weight excluding hydrogens is 270 g/mol. The summed E-state index contributed by atoms with van der Waals surface area (Å²) in [5.74, 6) is 2.25. The van der Waals surface area contributed by atoms with Crippen LogP contribution in [0.3, 0.4) is 0 Å². The molecular formula is C19H21N3. The van der Waals surface area contributed by atoms with Gasteiger partial charge in [-0.05, 0) is 31.0 Å². The summed E-state index contributed by atoms with van der Waals surface area (Å²) in [5.41, 5.74) is 3.24. The van der Waals surface area contributed by atoms with Crippen molar-refractivity contribution in [3.63, 3.8) is 0 Å². The Labute approximate surface area is 131 Å². The number of benzene rings is 2. The topological polar surface area (TPSA) is 37.8 Å². The average Bonchev–Trinajstić information content (AvgIpc) is 2.52. The molecule has 3 rings (SSSR count). The average molecular weight is 291 g/mol. The maximum absolute atomic E-state index is 4.76. The largest absolute Gasteiger partial charge is 0.369 e. The number of rotatable bonds is 4. The molecule has 2 aromatic carbocycles. The van der Waals surface area contributed by atoms with Gasteiger partial charge in [0, 0.05) is 17.5 Å². The van der Waals surface area contributed by atoms with Crippen molar-refractivity contribution >= 4 is 16.7 Å². The third kappa shape index (κ3) is 3.08. The maximum atomic E-state index is 4.76. The summed E-state index contributed by atoms with van der Waals surface area (Å²) in [6.45, 7) is 7.37. The molecule has 0 aliphatic rings. The summed E-state index contributed by atoms with van der Waals surface area (Å²) in [4.78, 5) is 9.49. The summed E-state index contributed by atoms with van der Waals surface area (Å²) in [6.07, 6.45) is 0. The lowest BCUT2D eigenvalue weighted by Crippen LogP contribution is -2.10. The highest BCUT2D eigenvalue weighted by atomic mass is 15.0. The predicted octanol–water partition coefficient (Wildman–Crippen LogP) is 4.67. The van der Waals surface area contributed by atoms with E-state index >= 15 is 0 Å². The van der Waals surface area contributed by atoms with Crippen molar-refractivity contribution in [3.8, 4) is 11.4 Å². The number of hydrogen-bond donors (Lipinski definition) is 1. The third-order valence-electron chi connectivity index (χ3n) is 3.56. The highest BCUT2D eigenvalue weighted by Gasteiger charge is 2.09. The van der Waals surface area contributed by atoms with Crippen LogP contribution in [0.4, 0.5) is 5.82 Å². The molecule has 1 heterocycles. The van der Waals surface area contributed by atoms with E-state index in [-0.39, 0.29) is 0 Å². The fraction of sp³-hybridized carbons (Fsp3) is 0.263. The van der Waals surface area contributed by atoms with Crippen LogP contribution < -0.4 is 5.32 Å². The quantitative estimate of drug-likeness (QED) is 0.759. The Balaban J connectivity index is 2.11. The Kier molecular flexibility index (Phi) is 4.05. The van der Waals surface area contributed by atoms with E-state index in [4.69, 9.17) is 9.97 Å². The lowest BCUT2D eigenvalue weighted by Gasteiger charge is -2.12. The number of nitrogens with zero attached hydrogens (tertiary/aromatic N) is 2. The van der Waals surface area contributed by atoms with Crippen LogP contribution in [0.5, 0.6) is 0 Å². The molecule has 3 heteroatoms. The van der Waals surface area contributed by atoms with E-state index in [1.54, 1.807) is 0 Å². The molecule has 0 aliphatic carbocycles. The van der Waals surface area contributed by atoms with Gasteiger partial charge in [0.2, 0.25) is 0 Å². The molecule has 3 nitrogen and oxygen atoms in total. The second-order valence-electron chi connectivity index (χ2n) is 6.06. The fourth-order valence-corrected chi connectivity index (χ4v) is 2.43. The predicted molar refractivity (Wildman–Crippen MR) is 93.0 cm³/mol. The van der Waals surface area contributed by atoms with Gasteiger partial charge in [-0.15, -0.1) is 0 Å². The van der Waals surface area contributed by atoms with Crippen molar-refractivity contribution in [1.82, 2.24) is 9.97 Å². The summed E-state index contributed by atoms with van der Waals surface area (Å²) >= 11 is 0. The first-order valence-corrected chi connectivity index (χ1v) is 7.71. The molecule has 112 valence electrons. The van der Waals surface area contributed by atoms with E-state index in [0.29, 0.717) is 5.92 Å². The zero-order valence-corrected chi connectivity index (χ0v) is 13.3. The molecule has 0 saturated heterocycles. The summed E-state index contributed by atoms with van der Waals surface area (Å²) in [5, 5.41) is 4.53. The first kappa shape index (κ1) is 14.5. The van der Waals surface area contributed by atoms with Gasteiger partial charge >= 0.3 is 0 Å². The Morgan fingerprint density at radius 1 is 1.00 bits per heavy atom. The molecule has 0 saturated carbocycles. The molecule has 0 fully saturated rings. The lowest BCUT2D eigenvalue weighted by atomic mass is 10.1. The Morgan fingerprint density at radius 2 is 1.82 bits per heavy atom. The van der Waals surface area contributed by atoms with Gasteiger partial charge in [0.1, 0.15) is 5.82 Å². The van der Waals surface area contributed by atoms with Gasteiger partial charge < -0.3 is 5.32 Å². The van der Waals surface area contributed by atoms with Gasteiger partial charge in [-0.25, -0.2) is 9.97 Å². The van der Waals surface area contributed by atoms with Gasteiger partial charge in [-0.3, -0.25) is 0 Å². The van der Waals surface area contributed by atoms with Gasteiger partial charge in [0.05, 0.1) is 5.52 Å². The number of aryl methyl sites for hydroxylation is 1. The van der Waals surface area contributed by atoms with Gasteiger partial charge in [-0.1, -0.05) is 49.7 Å². The number of aromatic nitrogens is 2. The minimum atomic E-state index is 0.566. The highest BCUT2D eigenvalue weighted by molar-refractivity contribution is 5.90. The van der Waals surface area contributed by atoms with Crippen molar-refractivity contribution < 1.29 is 0 Å². The molecule has 1 aromatic heterocycles. The van der Waals surface area contributed by atoms with Gasteiger partial charge in [-0.2, -0.15) is 0 Å². The molecule has 22 heavy (non-hydrogen) atoms. The van der Waals surface area contributed by atoms with E-state index in [9.17, 15) is 0 Å². The molecule has 0 unspecified atom stereocenters. The van der Waals surface area contributed by atoms with E-state index in [2.05, 4.69) is 50.4 Å². The number of para-hydroxylation sites is 1. The van der Waals surface area contributed by atoms with Crippen molar-refractivity contribution in [2.24, 2.45) is 5.92 Å². The van der Waals surface area contributed by atoms with Crippen LogP contribution in [-0.4, -0.2) is 16.5 Å². The van der Waals surface area contributed by atoms with Crippen LogP contribution >= 0.6 is 0 Å². The maximum Gasteiger partial charge on any atom is 0.162 e. The number of hydrogen-bond acceptors (Lipinski definition) is 3. The standard InChI is InChI=1S/C19H21N3/c1-13(2)12-20-19-16-9-4-5-10-17(16)21-18(22-19)15-8-6-7-14(3)11-15/h4-11,13H,12H2,1-3H3,(H,20,21,22). The van der Waals surface area contributed by atoms with Crippen LogP contribution in [0, 0.1) is 12.8 Å². The number of anilines is 1. The summed E-state index contributed by atoms with van der Waals surface area (Å²) in [6, 6.07) is 16.5. The molecule has 1 N–H and O–H groups in total. The monoisotopic (exact) mass is 291 g/mol. The van der Waals surface area contributed by atoms with Crippen molar-refractivity contribution in [3.05, 3.63) is 54.1 Å². The van der Waals surface area contributed by atoms with Crippen LogP contribution in [0.2, 0.25) is 0 Å². The van der Waals surface area contributed by atoms with Crippen LogP contribution in [-0.2, 0) is 0 Å². The second-order valence-corrected chi connectivity index (χ2v) is 6.06. The Morgan fingerprint density at radius 3 is 2.59 bits per heavy atom. The summed E-state index contributed by atoms with van der Waals surface area (Å²) in [7, 11) is 0. The van der Waals surface area contributed by atoms with Gasteiger partial charge in [0.15, 0.2) is 5.82 Å². The van der Waals surface area contributed by atoms with Crippen LogP contribution in [0.15, 0.2) is 48.5 Å².